The lowest BCUT2D eigenvalue weighted by Gasteiger charge is -2.25. The number of hydrogen-bond donors (Lipinski definition) is 1. The second kappa shape index (κ2) is 10.7. The zero-order valence-corrected chi connectivity index (χ0v) is 20.4. The Hall–Kier alpha value is -3.03. The van der Waals surface area contributed by atoms with Gasteiger partial charge in [-0.1, -0.05) is 61.0 Å². The fourth-order valence-corrected chi connectivity index (χ4v) is 5.07. The average molecular weight is 487 g/mol. The summed E-state index contributed by atoms with van der Waals surface area (Å²) >= 11 is 6.25. The topological polar surface area (TPSA) is 75.7 Å². The SMILES string of the molecule is CCc1ccc([C@@H](C)NC(=O)CN(c2ccc(OC)c(Cl)c2)S(=O)(=O)c2ccccc2)cc1. The van der Waals surface area contributed by atoms with Crippen LogP contribution in [-0.4, -0.2) is 28.0 Å². The van der Waals surface area contributed by atoms with E-state index in [1.165, 1.54) is 30.9 Å². The molecule has 3 aromatic carbocycles. The van der Waals surface area contributed by atoms with Gasteiger partial charge in [-0.25, -0.2) is 8.42 Å². The molecule has 0 aromatic heterocycles. The van der Waals surface area contributed by atoms with Crippen molar-refractivity contribution in [3.63, 3.8) is 0 Å². The molecule has 8 heteroatoms. The van der Waals surface area contributed by atoms with Gasteiger partial charge in [-0.15, -0.1) is 0 Å². The monoisotopic (exact) mass is 486 g/mol. The third-order valence-corrected chi connectivity index (χ3v) is 7.39. The summed E-state index contributed by atoms with van der Waals surface area (Å²) in [6.45, 7) is 3.53. The number of ether oxygens (including phenoxy) is 1. The molecule has 33 heavy (non-hydrogen) atoms. The van der Waals surface area contributed by atoms with Crippen molar-refractivity contribution >= 4 is 33.2 Å². The van der Waals surface area contributed by atoms with Gasteiger partial charge in [0.15, 0.2) is 0 Å². The van der Waals surface area contributed by atoms with Gasteiger partial charge in [0.1, 0.15) is 12.3 Å². The summed E-state index contributed by atoms with van der Waals surface area (Å²) in [5.41, 5.74) is 2.40. The molecule has 6 nitrogen and oxygen atoms in total. The Balaban J connectivity index is 1.89. The highest BCUT2D eigenvalue weighted by Gasteiger charge is 2.28. The van der Waals surface area contributed by atoms with Crippen LogP contribution in [0, 0.1) is 0 Å². The highest BCUT2D eigenvalue weighted by atomic mass is 35.5. The van der Waals surface area contributed by atoms with Gasteiger partial charge in [-0.2, -0.15) is 0 Å². The van der Waals surface area contributed by atoms with Crippen LogP contribution < -0.4 is 14.4 Å². The Bertz CT molecular complexity index is 1200. The number of hydrogen-bond acceptors (Lipinski definition) is 4. The molecular weight excluding hydrogens is 460 g/mol. The van der Waals surface area contributed by atoms with Crippen molar-refractivity contribution in [3.05, 3.63) is 88.9 Å². The predicted molar refractivity (Wildman–Crippen MR) is 131 cm³/mol. The standard InChI is InChI=1S/C25H27ClN2O4S/c1-4-19-10-12-20(13-11-19)18(2)27-25(29)17-28(21-14-15-24(32-3)23(26)16-21)33(30,31)22-8-6-5-7-9-22/h5-16,18H,4,17H2,1-3H3,(H,27,29)/t18-/m1/s1. The summed E-state index contributed by atoms with van der Waals surface area (Å²) in [4.78, 5) is 13.0. The van der Waals surface area contributed by atoms with Crippen LogP contribution in [0.15, 0.2) is 77.7 Å². The zero-order valence-electron chi connectivity index (χ0n) is 18.8. The molecule has 1 atom stereocenters. The fourth-order valence-electron chi connectivity index (χ4n) is 3.39. The van der Waals surface area contributed by atoms with Crippen LogP contribution in [0.3, 0.4) is 0 Å². The van der Waals surface area contributed by atoms with Crippen molar-refractivity contribution in [1.29, 1.82) is 0 Å². The molecule has 0 spiro atoms. The number of halogens is 1. The average Bonchev–Trinajstić information content (AvgIpc) is 2.83. The Morgan fingerprint density at radius 3 is 2.30 bits per heavy atom. The highest BCUT2D eigenvalue weighted by molar-refractivity contribution is 7.92. The van der Waals surface area contributed by atoms with Crippen LogP contribution in [0.2, 0.25) is 5.02 Å². The summed E-state index contributed by atoms with van der Waals surface area (Å²) in [5, 5.41) is 3.14. The molecule has 1 amide bonds. The summed E-state index contributed by atoms with van der Waals surface area (Å²) in [6, 6.07) is 20.3. The van der Waals surface area contributed by atoms with Gasteiger partial charge in [0.25, 0.3) is 10.0 Å². The van der Waals surface area contributed by atoms with Crippen molar-refractivity contribution in [3.8, 4) is 5.75 Å². The number of carbonyl (C=O) groups is 1. The van der Waals surface area contributed by atoms with E-state index in [0.29, 0.717) is 5.75 Å². The molecular formula is C25H27ClN2O4S. The number of benzene rings is 3. The Labute approximate surface area is 200 Å². The highest BCUT2D eigenvalue weighted by Crippen LogP contribution is 2.32. The molecule has 0 saturated carbocycles. The van der Waals surface area contributed by atoms with E-state index in [1.54, 1.807) is 30.3 Å². The van der Waals surface area contributed by atoms with Crippen LogP contribution >= 0.6 is 11.6 Å². The van der Waals surface area contributed by atoms with E-state index in [9.17, 15) is 13.2 Å². The van der Waals surface area contributed by atoms with E-state index >= 15 is 0 Å². The molecule has 1 N–H and O–H groups in total. The van der Waals surface area contributed by atoms with Crippen LogP contribution in [0.1, 0.15) is 31.0 Å². The predicted octanol–water partition coefficient (Wildman–Crippen LogP) is 4.98. The molecule has 174 valence electrons. The molecule has 0 bridgehead atoms. The molecule has 3 rings (SSSR count). The first-order chi connectivity index (χ1) is 15.8. The second-order valence-corrected chi connectivity index (χ2v) is 9.80. The van der Waals surface area contributed by atoms with Gasteiger partial charge < -0.3 is 10.1 Å². The van der Waals surface area contributed by atoms with Crippen LogP contribution in [-0.2, 0) is 21.2 Å². The first-order valence-electron chi connectivity index (χ1n) is 10.6. The lowest BCUT2D eigenvalue weighted by molar-refractivity contribution is -0.120. The Kier molecular flexibility index (Phi) is 8.00. The van der Waals surface area contributed by atoms with E-state index in [0.717, 1.165) is 16.3 Å². The van der Waals surface area contributed by atoms with E-state index < -0.39 is 22.5 Å². The number of nitrogens with zero attached hydrogens (tertiary/aromatic N) is 1. The first-order valence-corrected chi connectivity index (χ1v) is 12.4. The zero-order chi connectivity index (χ0) is 24.0. The maximum absolute atomic E-state index is 13.4. The minimum Gasteiger partial charge on any atom is -0.495 e. The summed E-state index contributed by atoms with van der Waals surface area (Å²) in [6.07, 6.45) is 0.928. The number of anilines is 1. The first kappa shape index (κ1) is 24.6. The fraction of sp³-hybridized carbons (Fsp3) is 0.240. The Morgan fingerprint density at radius 1 is 1.06 bits per heavy atom. The van der Waals surface area contributed by atoms with Crippen molar-refractivity contribution < 1.29 is 17.9 Å². The Morgan fingerprint density at radius 2 is 1.73 bits per heavy atom. The molecule has 0 aliphatic heterocycles. The smallest absolute Gasteiger partial charge is 0.264 e. The van der Waals surface area contributed by atoms with Gasteiger partial charge in [-0.3, -0.25) is 9.10 Å². The molecule has 0 aliphatic carbocycles. The lowest BCUT2D eigenvalue weighted by Crippen LogP contribution is -2.41. The number of sulfonamides is 1. The van der Waals surface area contributed by atoms with Crippen LogP contribution in [0.5, 0.6) is 5.75 Å². The number of amides is 1. The number of aryl methyl sites for hydroxylation is 1. The van der Waals surface area contributed by atoms with Gasteiger partial charge >= 0.3 is 0 Å². The number of carbonyl (C=O) groups excluding carboxylic acids is 1. The van der Waals surface area contributed by atoms with E-state index in [1.807, 2.05) is 31.2 Å². The summed E-state index contributed by atoms with van der Waals surface area (Å²) in [7, 11) is -2.55. The number of nitrogens with one attached hydrogen (secondary N) is 1. The van der Waals surface area contributed by atoms with Gasteiger partial charge in [0.2, 0.25) is 5.91 Å². The summed E-state index contributed by atoms with van der Waals surface area (Å²) < 4.78 is 33.1. The second-order valence-electron chi connectivity index (χ2n) is 7.53. The lowest BCUT2D eigenvalue weighted by atomic mass is 10.1. The molecule has 0 saturated heterocycles. The molecule has 0 aliphatic rings. The third-order valence-electron chi connectivity index (χ3n) is 5.31. The van der Waals surface area contributed by atoms with E-state index in [4.69, 9.17) is 16.3 Å². The van der Waals surface area contributed by atoms with Crippen molar-refractivity contribution in [2.75, 3.05) is 18.0 Å². The minimum absolute atomic E-state index is 0.0768. The van der Waals surface area contributed by atoms with Crippen LogP contribution in [0.4, 0.5) is 5.69 Å². The molecule has 0 heterocycles. The molecule has 0 fully saturated rings. The van der Waals surface area contributed by atoms with Gasteiger partial charge in [0.05, 0.1) is 28.8 Å². The normalized spacial score (nSPS) is 12.1. The number of methoxy groups -OCH3 is 1. The van der Waals surface area contributed by atoms with Gasteiger partial charge in [0, 0.05) is 0 Å². The van der Waals surface area contributed by atoms with E-state index in [2.05, 4.69) is 12.2 Å². The van der Waals surface area contributed by atoms with Crippen molar-refractivity contribution in [2.45, 2.75) is 31.2 Å². The molecule has 0 radical (unpaired) electrons. The van der Waals surface area contributed by atoms with Crippen LogP contribution in [0.25, 0.3) is 0 Å². The van der Waals surface area contributed by atoms with Gasteiger partial charge in [-0.05, 0) is 54.8 Å². The maximum atomic E-state index is 13.4. The third kappa shape index (κ3) is 5.86. The van der Waals surface area contributed by atoms with E-state index in [-0.39, 0.29) is 21.6 Å². The van der Waals surface area contributed by atoms with Crippen molar-refractivity contribution in [2.24, 2.45) is 0 Å². The largest absolute Gasteiger partial charge is 0.495 e. The maximum Gasteiger partial charge on any atom is 0.264 e. The summed E-state index contributed by atoms with van der Waals surface area (Å²) in [5.74, 6) is -0.0282. The molecule has 0 unspecified atom stereocenters. The molecule has 3 aromatic rings. The number of rotatable bonds is 9. The minimum atomic E-state index is -4.02. The van der Waals surface area contributed by atoms with Crippen molar-refractivity contribution in [1.82, 2.24) is 5.32 Å². The quantitative estimate of drug-likeness (QED) is 0.462.